The largest absolute Gasteiger partial charge is 0.326 e. The highest BCUT2D eigenvalue weighted by atomic mass is 32.2. The fourth-order valence-electron chi connectivity index (χ4n) is 2.49. The van der Waals surface area contributed by atoms with Crippen molar-refractivity contribution in [2.24, 2.45) is 0 Å². The van der Waals surface area contributed by atoms with Crippen LogP contribution in [0.3, 0.4) is 0 Å². The van der Waals surface area contributed by atoms with E-state index in [9.17, 15) is 22.4 Å². The summed E-state index contributed by atoms with van der Waals surface area (Å²) in [5.74, 6) is -1.37. The van der Waals surface area contributed by atoms with Gasteiger partial charge < -0.3 is 10.6 Å². The van der Waals surface area contributed by atoms with E-state index in [4.69, 9.17) is 0 Å². The van der Waals surface area contributed by atoms with Crippen molar-refractivity contribution < 1.29 is 22.4 Å². The molecule has 0 bridgehead atoms. The molecular weight excluding hydrogens is 397 g/mol. The first kappa shape index (κ1) is 22.3. The van der Waals surface area contributed by atoms with Gasteiger partial charge in [0.05, 0.1) is 11.4 Å². The highest BCUT2D eigenvalue weighted by molar-refractivity contribution is 7.89. The first-order chi connectivity index (χ1) is 13.6. The molecule has 0 atom stereocenters. The fourth-order valence-corrected chi connectivity index (χ4v) is 3.85. The predicted molar refractivity (Wildman–Crippen MR) is 109 cm³/mol. The van der Waals surface area contributed by atoms with Gasteiger partial charge in [0.15, 0.2) is 0 Å². The van der Waals surface area contributed by atoms with Crippen molar-refractivity contribution in [1.29, 1.82) is 0 Å². The van der Waals surface area contributed by atoms with Gasteiger partial charge in [-0.3, -0.25) is 9.59 Å². The molecule has 9 heteroatoms. The number of sulfonamides is 1. The van der Waals surface area contributed by atoms with Crippen molar-refractivity contribution >= 4 is 33.2 Å². The Bertz CT molecular complexity index is 1020. The molecule has 154 valence electrons. The van der Waals surface area contributed by atoms with E-state index in [-0.39, 0.29) is 23.0 Å². The van der Waals surface area contributed by atoms with Crippen molar-refractivity contribution in [3.63, 3.8) is 0 Å². The first-order valence-electron chi connectivity index (χ1n) is 8.68. The molecule has 0 radical (unpaired) electrons. The summed E-state index contributed by atoms with van der Waals surface area (Å²) in [5, 5.41) is 5.03. The van der Waals surface area contributed by atoms with Gasteiger partial charge in [-0.2, -0.15) is 4.31 Å². The van der Waals surface area contributed by atoms with Crippen LogP contribution < -0.4 is 10.6 Å². The lowest BCUT2D eigenvalue weighted by Crippen LogP contribution is -2.38. The van der Waals surface area contributed by atoms with Crippen LogP contribution in [0, 0.1) is 12.7 Å². The first-order valence-corrected chi connectivity index (χ1v) is 10.1. The predicted octanol–water partition coefficient (Wildman–Crippen LogP) is 2.91. The van der Waals surface area contributed by atoms with Gasteiger partial charge in [-0.1, -0.05) is 12.1 Å². The quantitative estimate of drug-likeness (QED) is 0.643. The number of anilines is 2. The molecular formula is C20H22FN3O4S. The molecule has 0 unspecified atom stereocenters. The van der Waals surface area contributed by atoms with Gasteiger partial charge in [-0.05, 0) is 48.9 Å². The second-order valence-corrected chi connectivity index (χ2v) is 8.24. The number of benzene rings is 2. The third kappa shape index (κ3) is 5.97. The molecule has 0 saturated carbocycles. The number of carbonyl (C=O) groups is 2. The summed E-state index contributed by atoms with van der Waals surface area (Å²) in [4.78, 5) is 23.4. The lowest BCUT2D eigenvalue weighted by atomic mass is 10.2. The highest BCUT2D eigenvalue weighted by Gasteiger charge is 2.26. The molecule has 0 aliphatic rings. The third-order valence-corrected chi connectivity index (χ3v) is 5.75. The van der Waals surface area contributed by atoms with Crippen molar-refractivity contribution in [2.45, 2.75) is 18.7 Å². The zero-order valence-corrected chi connectivity index (χ0v) is 16.9. The van der Waals surface area contributed by atoms with Crippen LogP contribution in [-0.4, -0.2) is 37.6 Å². The number of carbonyl (C=O) groups excluding carboxylic acids is 2. The van der Waals surface area contributed by atoms with Gasteiger partial charge in [0.1, 0.15) is 5.82 Å². The van der Waals surface area contributed by atoms with Crippen molar-refractivity contribution in [3.05, 3.63) is 66.5 Å². The average molecular weight is 419 g/mol. The molecule has 7 nitrogen and oxygen atoms in total. The van der Waals surface area contributed by atoms with Gasteiger partial charge in [0.2, 0.25) is 21.8 Å². The number of hydrogen-bond donors (Lipinski definition) is 2. The summed E-state index contributed by atoms with van der Waals surface area (Å²) in [7, 11) is -4.00. The minimum Gasteiger partial charge on any atom is -0.326 e. The summed E-state index contributed by atoms with van der Waals surface area (Å²) < 4.78 is 40.4. The minimum atomic E-state index is -4.00. The second-order valence-electron chi connectivity index (χ2n) is 6.30. The van der Waals surface area contributed by atoms with Crippen LogP contribution in [0.15, 0.2) is 60.0 Å². The fraction of sp³-hybridized carbons (Fsp3) is 0.200. The van der Waals surface area contributed by atoms with E-state index >= 15 is 0 Å². The Morgan fingerprint density at radius 1 is 1.10 bits per heavy atom. The molecule has 2 amide bonds. The monoisotopic (exact) mass is 419 g/mol. The Hall–Kier alpha value is -3.04. The van der Waals surface area contributed by atoms with E-state index < -0.39 is 28.3 Å². The Balaban J connectivity index is 2.17. The van der Waals surface area contributed by atoms with Gasteiger partial charge in [-0.15, -0.1) is 6.58 Å². The Morgan fingerprint density at radius 2 is 1.72 bits per heavy atom. The standard InChI is InChI=1S/C20H22FN3O4S/c1-4-11-24(13-20(26)23-17-6-5-14(2)19(21)12-17)29(27,28)18-9-7-16(8-10-18)22-15(3)25/h4-10,12H,1,11,13H2,2-3H3,(H,22,25)(H,23,26). The van der Waals surface area contributed by atoms with E-state index in [2.05, 4.69) is 17.2 Å². The maximum Gasteiger partial charge on any atom is 0.243 e. The third-order valence-electron chi connectivity index (χ3n) is 3.92. The number of amides is 2. The number of hydrogen-bond acceptors (Lipinski definition) is 4. The minimum absolute atomic E-state index is 0.0392. The Labute approximate surface area is 169 Å². The highest BCUT2D eigenvalue weighted by Crippen LogP contribution is 2.19. The van der Waals surface area contributed by atoms with Crippen LogP contribution >= 0.6 is 0 Å². The van der Waals surface area contributed by atoms with Crippen LogP contribution in [0.2, 0.25) is 0 Å². The lowest BCUT2D eigenvalue weighted by Gasteiger charge is -2.20. The molecule has 0 spiro atoms. The van der Waals surface area contributed by atoms with E-state index in [1.165, 1.54) is 55.5 Å². The number of aryl methyl sites for hydroxylation is 1. The zero-order valence-electron chi connectivity index (χ0n) is 16.1. The molecule has 2 aromatic rings. The maximum absolute atomic E-state index is 13.6. The van der Waals surface area contributed by atoms with Crippen LogP contribution in [-0.2, 0) is 19.6 Å². The maximum atomic E-state index is 13.6. The lowest BCUT2D eigenvalue weighted by molar-refractivity contribution is -0.116. The number of rotatable bonds is 8. The van der Waals surface area contributed by atoms with Crippen LogP contribution in [0.1, 0.15) is 12.5 Å². The second kappa shape index (κ2) is 9.44. The summed E-state index contributed by atoms with van der Waals surface area (Å²) in [6.45, 7) is 5.90. The van der Waals surface area contributed by atoms with E-state index in [1.807, 2.05) is 0 Å². The number of halogens is 1. The Kier molecular flexibility index (Phi) is 7.24. The molecule has 0 aliphatic heterocycles. The number of nitrogens with zero attached hydrogens (tertiary/aromatic N) is 1. The van der Waals surface area contributed by atoms with E-state index in [0.717, 1.165) is 4.31 Å². The topological polar surface area (TPSA) is 95.6 Å². The van der Waals surface area contributed by atoms with Crippen molar-refractivity contribution in [1.82, 2.24) is 4.31 Å². The SMILES string of the molecule is C=CCN(CC(=O)Nc1ccc(C)c(F)c1)S(=O)(=O)c1ccc(NC(C)=O)cc1. The smallest absolute Gasteiger partial charge is 0.243 e. The van der Waals surface area contributed by atoms with Crippen LogP contribution in [0.4, 0.5) is 15.8 Å². The molecule has 0 heterocycles. The van der Waals surface area contributed by atoms with E-state index in [1.54, 1.807) is 6.92 Å². The van der Waals surface area contributed by atoms with E-state index in [0.29, 0.717) is 11.3 Å². The summed E-state index contributed by atoms with van der Waals surface area (Å²) in [6, 6.07) is 9.79. The molecule has 29 heavy (non-hydrogen) atoms. The van der Waals surface area contributed by atoms with Gasteiger partial charge >= 0.3 is 0 Å². The van der Waals surface area contributed by atoms with Gasteiger partial charge in [-0.25, -0.2) is 12.8 Å². The van der Waals surface area contributed by atoms with Gasteiger partial charge in [0, 0.05) is 24.8 Å². The molecule has 0 fully saturated rings. The summed E-state index contributed by atoms with van der Waals surface area (Å²) >= 11 is 0. The Morgan fingerprint density at radius 3 is 2.28 bits per heavy atom. The molecule has 0 aromatic heterocycles. The number of nitrogens with one attached hydrogen (secondary N) is 2. The van der Waals surface area contributed by atoms with Crippen LogP contribution in [0.5, 0.6) is 0 Å². The summed E-state index contributed by atoms with van der Waals surface area (Å²) in [6.07, 6.45) is 1.36. The zero-order chi connectivity index (χ0) is 21.6. The normalized spacial score (nSPS) is 11.2. The average Bonchev–Trinajstić information content (AvgIpc) is 2.64. The molecule has 0 saturated heterocycles. The molecule has 0 aliphatic carbocycles. The molecule has 2 N–H and O–H groups in total. The molecule has 2 rings (SSSR count). The van der Waals surface area contributed by atoms with Crippen LogP contribution in [0.25, 0.3) is 0 Å². The summed E-state index contributed by atoms with van der Waals surface area (Å²) in [5.41, 5.74) is 1.11. The van der Waals surface area contributed by atoms with Crippen molar-refractivity contribution in [3.8, 4) is 0 Å². The molecule has 2 aromatic carbocycles. The van der Waals surface area contributed by atoms with Crippen molar-refractivity contribution in [2.75, 3.05) is 23.7 Å². The van der Waals surface area contributed by atoms with Gasteiger partial charge in [0.25, 0.3) is 0 Å².